The van der Waals surface area contributed by atoms with Crippen LogP contribution in [0.4, 0.5) is 0 Å². The van der Waals surface area contributed by atoms with Crippen LogP contribution in [-0.2, 0) is 4.79 Å². The molecule has 3 rings (SSSR count). The number of fused-ring (bicyclic) bond motifs is 2. The summed E-state index contributed by atoms with van der Waals surface area (Å²) < 4.78 is 11.2. The van der Waals surface area contributed by atoms with Crippen molar-refractivity contribution in [1.82, 2.24) is 5.32 Å². The maximum absolute atomic E-state index is 12.5. The van der Waals surface area contributed by atoms with Crippen molar-refractivity contribution in [1.29, 1.82) is 0 Å². The minimum Gasteiger partial charge on any atom is -0.493 e. The SMILES string of the molecule is CCC(Oc1ccccc1OC)C(=O)NC1CC2CCC1C2. The van der Waals surface area contributed by atoms with E-state index in [9.17, 15) is 4.79 Å². The van der Waals surface area contributed by atoms with E-state index in [1.807, 2.05) is 31.2 Å². The molecule has 2 fully saturated rings. The predicted molar refractivity (Wildman–Crippen MR) is 85.1 cm³/mol. The molecule has 120 valence electrons. The molecule has 4 atom stereocenters. The first-order valence-corrected chi connectivity index (χ1v) is 8.31. The molecule has 0 aliphatic heterocycles. The molecule has 2 aliphatic rings. The van der Waals surface area contributed by atoms with Crippen LogP contribution < -0.4 is 14.8 Å². The first-order chi connectivity index (χ1) is 10.7. The molecule has 4 unspecified atom stereocenters. The van der Waals surface area contributed by atoms with Gasteiger partial charge in [-0.2, -0.15) is 0 Å². The topological polar surface area (TPSA) is 47.6 Å². The van der Waals surface area contributed by atoms with E-state index < -0.39 is 6.10 Å². The van der Waals surface area contributed by atoms with Gasteiger partial charge in [0.2, 0.25) is 0 Å². The molecule has 0 radical (unpaired) electrons. The average molecular weight is 303 g/mol. The minimum atomic E-state index is -0.463. The second kappa shape index (κ2) is 6.59. The Bertz CT molecular complexity index is 531. The average Bonchev–Trinajstić information content (AvgIpc) is 3.15. The van der Waals surface area contributed by atoms with Crippen molar-refractivity contribution in [3.05, 3.63) is 24.3 Å². The first kappa shape index (κ1) is 15.2. The molecule has 4 nitrogen and oxygen atoms in total. The van der Waals surface area contributed by atoms with Crippen LogP contribution in [0.15, 0.2) is 24.3 Å². The van der Waals surface area contributed by atoms with Crippen molar-refractivity contribution in [3.63, 3.8) is 0 Å². The maximum atomic E-state index is 12.5. The zero-order valence-electron chi connectivity index (χ0n) is 13.4. The number of carbonyl (C=O) groups is 1. The van der Waals surface area contributed by atoms with Gasteiger partial charge >= 0.3 is 0 Å². The zero-order valence-corrected chi connectivity index (χ0v) is 13.4. The highest BCUT2D eigenvalue weighted by atomic mass is 16.5. The normalized spacial score (nSPS) is 27.5. The molecule has 2 saturated carbocycles. The summed E-state index contributed by atoms with van der Waals surface area (Å²) in [5.74, 6) is 2.79. The number of rotatable bonds is 6. The van der Waals surface area contributed by atoms with Crippen LogP contribution in [0.3, 0.4) is 0 Å². The van der Waals surface area contributed by atoms with E-state index in [-0.39, 0.29) is 5.91 Å². The summed E-state index contributed by atoms with van der Waals surface area (Å²) in [6.07, 6.45) is 5.21. The molecule has 2 aliphatic carbocycles. The molecule has 0 heterocycles. The molecule has 2 bridgehead atoms. The third-order valence-corrected chi connectivity index (χ3v) is 5.07. The molecule has 0 aromatic heterocycles. The zero-order chi connectivity index (χ0) is 15.5. The molecule has 1 aromatic carbocycles. The van der Waals surface area contributed by atoms with E-state index in [1.54, 1.807) is 7.11 Å². The third kappa shape index (κ3) is 3.06. The lowest BCUT2D eigenvalue weighted by Crippen LogP contribution is -2.45. The quantitative estimate of drug-likeness (QED) is 0.878. The van der Waals surface area contributed by atoms with Crippen LogP contribution in [-0.4, -0.2) is 25.2 Å². The van der Waals surface area contributed by atoms with Crippen molar-refractivity contribution in [2.24, 2.45) is 11.8 Å². The van der Waals surface area contributed by atoms with Gasteiger partial charge in [-0.1, -0.05) is 25.5 Å². The van der Waals surface area contributed by atoms with E-state index in [0.29, 0.717) is 29.9 Å². The first-order valence-electron chi connectivity index (χ1n) is 8.31. The lowest BCUT2D eigenvalue weighted by molar-refractivity contribution is -0.129. The molecule has 22 heavy (non-hydrogen) atoms. The number of benzene rings is 1. The standard InChI is InChI=1S/C18H25NO3/c1-3-15(22-17-7-5-4-6-16(17)21-2)18(20)19-14-11-12-8-9-13(14)10-12/h4-7,12-15H,3,8-11H2,1-2H3,(H,19,20). The second-order valence-electron chi connectivity index (χ2n) is 6.46. The van der Waals surface area contributed by atoms with Gasteiger partial charge < -0.3 is 14.8 Å². The summed E-state index contributed by atoms with van der Waals surface area (Å²) in [4.78, 5) is 12.5. The van der Waals surface area contributed by atoms with Crippen LogP contribution in [0, 0.1) is 11.8 Å². The van der Waals surface area contributed by atoms with Gasteiger partial charge in [0.15, 0.2) is 17.6 Å². The molecule has 0 spiro atoms. The predicted octanol–water partition coefficient (Wildman–Crippen LogP) is 3.16. The summed E-state index contributed by atoms with van der Waals surface area (Å²) in [6, 6.07) is 7.81. The summed E-state index contributed by atoms with van der Waals surface area (Å²) in [7, 11) is 1.61. The van der Waals surface area contributed by atoms with Crippen LogP contribution in [0.1, 0.15) is 39.0 Å². The Balaban J connectivity index is 1.62. The van der Waals surface area contributed by atoms with E-state index >= 15 is 0 Å². The smallest absolute Gasteiger partial charge is 0.261 e. The van der Waals surface area contributed by atoms with E-state index in [4.69, 9.17) is 9.47 Å². The highest BCUT2D eigenvalue weighted by molar-refractivity contribution is 5.81. The number of hydrogen-bond donors (Lipinski definition) is 1. The van der Waals surface area contributed by atoms with Crippen molar-refractivity contribution in [3.8, 4) is 11.5 Å². The Labute approximate surface area is 132 Å². The van der Waals surface area contributed by atoms with Crippen molar-refractivity contribution in [2.75, 3.05) is 7.11 Å². The molecule has 1 amide bonds. The number of ether oxygens (including phenoxy) is 2. The summed E-state index contributed by atoms with van der Waals surface area (Å²) in [6.45, 7) is 1.97. The summed E-state index contributed by atoms with van der Waals surface area (Å²) in [5.41, 5.74) is 0. The molecule has 0 saturated heterocycles. The van der Waals surface area contributed by atoms with Crippen molar-refractivity contribution >= 4 is 5.91 Å². The van der Waals surface area contributed by atoms with E-state index in [0.717, 1.165) is 12.3 Å². The second-order valence-corrected chi connectivity index (χ2v) is 6.46. The van der Waals surface area contributed by atoms with Gasteiger partial charge in [-0.15, -0.1) is 0 Å². The van der Waals surface area contributed by atoms with Gasteiger partial charge in [0.25, 0.3) is 5.91 Å². The highest BCUT2D eigenvalue weighted by Crippen LogP contribution is 2.44. The van der Waals surface area contributed by atoms with Crippen LogP contribution >= 0.6 is 0 Å². The van der Waals surface area contributed by atoms with Gasteiger partial charge in [0.1, 0.15) is 0 Å². The Morgan fingerprint density at radius 2 is 2.05 bits per heavy atom. The van der Waals surface area contributed by atoms with E-state index in [2.05, 4.69) is 5.32 Å². The summed E-state index contributed by atoms with van der Waals surface area (Å²) >= 11 is 0. The van der Waals surface area contributed by atoms with Gasteiger partial charge in [0.05, 0.1) is 7.11 Å². The Morgan fingerprint density at radius 1 is 1.27 bits per heavy atom. The van der Waals surface area contributed by atoms with Crippen molar-refractivity contribution in [2.45, 2.75) is 51.2 Å². The molecule has 1 N–H and O–H groups in total. The number of para-hydroxylation sites is 2. The van der Waals surface area contributed by atoms with Crippen LogP contribution in [0.2, 0.25) is 0 Å². The Hall–Kier alpha value is -1.71. The number of hydrogen-bond acceptors (Lipinski definition) is 3. The lowest BCUT2D eigenvalue weighted by atomic mass is 9.95. The van der Waals surface area contributed by atoms with Gasteiger partial charge in [-0.3, -0.25) is 4.79 Å². The number of nitrogens with one attached hydrogen (secondary N) is 1. The number of methoxy groups -OCH3 is 1. The van der Waals surface area contributed by atoms with Gasteiger partial charge in [-0.05, 0) is 49.7 Å². The lowest BCUT2D eigenvalue weighted by Gasteiger charge is -2.26. The Morgan fingerprint density at radius 3 is 2.64 bits per heavy atom. The Kier molecular flexibility index (Phi) is 4.55. The fourth-order valence-corrected chi connectivity index (χ4v) is 3.89. The molecule has 1 aromatic rings. The largest absolute Gasteiger partial charge is 0.493 e. The molecular formula is C18H25NO3. The molecule has 4 heteroatoms. The fourth-order valence-electron chi connectivity index (χ4n) is 3.89. The van der Waals surface area contributed by atoms with E-state index in [1.165, 1.54) is 19.3 Å². The van der Waals surface area contributed by atoms with Gasteiger partial charge in [0, 0.05) is 6.04 Å². The van der Waals surface area contributed by atoms with Gasteiger partial charge in [-0.25, -0.2) is 0 Å². The molecular weight excluding hydrogens is 278 g/mol. The maximum Gasteiger partial charge on any atom is 0.261 e. The van der Waals surface area contributed by atoms with Crippen LogP contribution in [0.5, 0.6) is 11.5 Å². The summed E-state index contributed by atoms with van der Waals surface area (Å²) in [5, 5.41) is 3.21. The third-order valence-electron chi connectivity index (χ3n) is 5.07. The highest BCUT2D eigenvalue weighted by Gasteiger charge is 2.40. The van der Waals surface area contributed by atoms with Crippen molar-refractivity contribution < 1.29 is 14.3 Å². The van der Waals surface area contributed by atoms with Crippen LogP contribution in [0.25, 0.3) is 0 Å². The number of amides is 1. The fraction of sp³-hybridized carbons (Fsp3) is 0.611. The minimum absolute atomic E-state index is 0.00551. The number of carbonyl (C=O) groups excluding carboxylic acids is 1. The monoisotopic (exact) mass is 303 g/mol.